The molecule has 0 aliphatic carbocycles. The van der Waals surface area contributed by atoms with Gasteiger partial charge < -0.3 is 9.64 Å². The van der Waals surface area contributed by atoms with Crippen LogP contribution in [0.3, 0.4) is 0 Å². The van der Waals surface area contributed by atoms with Crippen molar-refractivity contribution in [2.45, 2.75) is 59.3 Å². The van der Waals surface area contributed by atoms with Crippen LogP contribution in [0.1, 0.15) is 65.0 Å². The number of hydrogen-bond acceptors (Lipinski definition) is 2. The Labute approximate surface area is 189 Å². The van der Waals surface area contributed by atoms with Crippen LogP contribution in [-0.4, -0.2) is 37.0 Å². The lowest BCUT2D eigenvalue weighted by Gasteiger charge is -2.24. The zero-order chi connectivity index (χ0) is 22.4. The van der Waals surface area contributed by atoms with Gasteiger partial charge >= 0.3 is 0 Å². The Kier molecular flexibility index (Phi) is 7.59. The molecule has 1 unspecified atom stereocenters. The first kappa shape index (κ1) is 23.1. The third-order valence-electron chi connectivity index (χ3n) is 6.66. The molecule has 0 aromatic heterocycles. The monoisotopic (exact) mass is 419 g/mol. The Balaban J connectivity index is 1.99. The number of anilines is 1. The topological polar surface area (TPSA) is 15.5 Å². The zero-order valence-electron chi connectivity index (χ0n) is 20.2. The Morgan fingerprint density at radius 3 is 2.29 bits per heavy atom. The molecule has 0 bridgehead atoms. The molecule has 3 rings (SSSR count). The first-order valence-corrected chi connectivity index (χ1v) is 11.9. The second-order valence-electron chi connectivity index (χ2n) is 8.58. The molecule has 3 heteroatoms. The first-order chi connectivity index (χ1) is 15.0. The van der Waals surface area contributed by atoms with Gasteiger partial charge in [-0.3, -0.25) is 0 Å². The van der Waals surface area contributed by atoms with Crippen molar-refractivity contribution in [2.24, 2.45) is 0 Å². The SMILES string of the molecule is CCCN(CCC)c1ccc(/C=C/C2=[N+](CC)c3ccccc3C2(C)CC)c(OC)c1. The van der Waals surface area contributed by atoms with Crippen molar-refractivity contribution >= 4 is 23.2 Å². The quantitative estimate of drug-likeness (QED) is 0.393. The van der Waals surface area contributed by atoms with E-state index < -0.39 is 0 Å². The molecule has 166 valence electrons. The van der Waals surface area contributed by atoms with Crippen molar-refractivity contribution in [3.05, 3.63) is 59.7 Å². The average molecular weight is 420 g/mol. The van der Waals surface area contributed by atoms with E-state index in [4.69, 9.17) is 4.74 Å². The van der Waals surface area contributed by atoms with Gasteiger partial charge in [0, 0.05) is 48.1 Å². The van der Waals surface area contributed by atoms with Gasteiger partial charge in [-0.25, -0.2) is 0 Å². The van der Waals surface area contributed by atoms with Gasteiger partial charge in [-0.05, 0) is 51.3 Å². The predicted molar refractivity (Wildman–Crippen MR) is 134 cm³/mol. The number of nitrogens with zero attached hydrogens (tertiary/aromatic N) is 2. The fraction of sp³-hybridized carbons (Fsp3) is 0.464. The van der Waals surface area contributed by atoms with E-state index in [2.05, 4.69) is 98.7 Å². The molecule has 0 amide bonds. The number of fused-ring (bicyclic) bond motifs is 1. The van der Waals surface area contributed by atoms with Gasteiger partial charge in [-0.2, -0.15) is 4.58 Å². The minimum Gasteiger partial charge on any atom is -0.496 e. The highest BCUT2D eigenvalue weighted by atomic mass is 16.5. The first-order valence-electron chi connectivity index (χ1n) is 11.9. The highest BCUT2D eigenvalue weighted by Crippen LogP contribution is 2.42. The molecule has 0 radical (unpaired) electrons. The molecule has 0 N–H and O–H groups in total. The van der Waals surface area contributed by atoms with Crippen LogP contribution < -0.4 is 9.64 Å². The van der Waals surface area contributed by atoms with Crippen LogP contribution in [0.15, 0.2) is 48.5 Å². The molecule has 1 heterocycles. The minimum absolute atomic E-state index is 0.0231. The molecule has 2 aromatic carbocycles. The molecular weight excluding hydrogens is 380 g/mol. The van der Waals surface area contributed by atoms with Gasteiger partial charge in [0.1, 0.15) is 12.3 Å². The summed E-state index contributed by atoms with van der Waals surface area (Å²) in [7, 11) is 1.77. The van der Waals surface area contributed by atoms with E-state index in [0.717, 1.165) is 50.2 Å². The van der Waals surface area contributed by atoms with Crippen LogP contribution in [0, 0.1) is 0 Å². The Morgan fingerprint density at radius 1 is 0.968 bits per heavy atom. The lowest BCUT2D eigenvalue weighted by atomic mass is 9.77. The van der Waals surface area contributed by atoms with Gasteiger partial charge in [-0.1, -0.05) is 39.0 Å². The minimum atomic E-state index is 0.0231. The molecule has 3 nitrogen and oxygen atoms in total. The smallest absolute Gasteiger partial charge is 0.209 e. The summed E-state index contributed by atoms with van der Waals surface area (Å²) >= 11 is 0. The van der Waals surface area contributed by atoms with Crippen LogP contribution in [0.2, 0.25) is 0 Å². The number of hydrogen-bond donors (Lipinski definition) is 0. The van der Waals surface area contributed by atoms with Crippen molar-refractivity contribution in [2.75, 3.05) is 31.6 Å². The summed E-state index contributed by atoms with van der Waals surface area (Å²) in [5.41, 5.74) is 6.52. The molecule has 31 heavy (non-hydrogen) atoms. The lowest BCUT2D eigenvalue weighted by molar-refractivity contribution is -0.433. The Morgan fingerprint density at radius 2 is 1.68 bits per heavy atom. The highest BCUT2D eigenvalue weighted by Gasteiger charge is 2.45. The second-order valence-corrected chi connectivity index (χ2v) is 8.58. The fourth-order valence-corrected chi connectivity index (χ4v) is 4.84. The number of allylic oxidation sites excluding steroid dienone is 1. The van der Waals surface area contributed by atoms with E-state index in [1.807, 2.05) is 0 Å². The van der Waals surface area contributed by atoms with Gasteiger partial charge in [-0.15, -0.1) is 0 Å². The summed E-state index contributed by atoms with van der Waals surface area (Å²) in [6.07, 6.45) is 7.89. The maximum Gasteiger partial charge on any atom is 0.209 e. The molecule has 0 fully saturated rings. The number of methoxy groups -OCH3 is 1. The van der Waals surface area contributed by atoms with Crippen molar-refractivity contribution in [3.63, 3.8) is 0 Å². The van der Waals surface area contributed by atoms with Gasteiger partial charge in [0.15, 0.2) is 5.71 Å². The van der Waals surface area contributed by atoms with Crippen LogP contribution in [0.4, 0.5) is 11.4 Å². The van der Waals surface area contributed by atoms with Crippen LogP contribution >= 0.6 is 0 Å². The summed E-state index contributed by atoms with van der Waals surface area (Å²) < 4.78 is 8.26. The van der Waals surface area contributed by atoms with Gasteiger partial charge in [0.2, 0.25) is 5.69 Å². The van der Waals surface area contributed by atoms with Crippen LogP contribution in [-0.2, 0) is 5.41 Å². The maximum absolute atomic E-state index is 5.80. The number of rotatable bonds is 10. The molecule has 1 atom stereocenters. The molecule has 0 spiro atoms. The maximum atomic E-state index is 5.80. The van der Waals surface area contributed by atoms with E-state index in [1.54, 1.807) is 7.11 Å². The lowest BCUT2D eigenvalue weighted by Crippen LogP contribution is -2.30. The summed E-state index contributed by atoms with van der Waals surface area (Å²) in [6, 6.07) is 15.5. The predicted octanol–water partition coefficient (Wildman–Crippen LogP) is 6.82. The van der Waals surface area contributed by atoms with Crippen molar-refractivity contribution in [3.8, 4) is 5.75 Å². The average Bonchev–Trinajstić information content (AvgIpc) is 3.05. The van der Waals surface area contributed by atoms with E-state index in [-0.39, 0.29) is 5.41 Å². The molecule has 0 saturated heterocycles. The molecule has 1 aliphatic rings. The van der Waals surface area contributed by atoms with Crippen molar-refractivity contribution in [1.29, 1.82) is 0 Å². The van der Waals surface area contributed by atoms with E-state index >= 15 is 0 Å². The summed E-state index contributed by atoms with van der Waals surface area (Å²) in [6.45, 7) is 14.5. The third-order valence-corrected chi connectivity index (χ3v) is 6.66. The standard InChI is InChI=1S/C28H39N2O/c1-7-19-29(20-8-2)23-17-15-22(26(21-23)31-6)16-18-27-28(5,9-3)24-13-11-12-14-25(24)30(27)10-4/h11-18,21H,7-10,19-20H2,1-6H3/q+1. The third kappa shape index (κ3) is 4.42. The molecular formula is C28H39N2O+. The molecule has 2 aromatic rings. The summed E-state index contributed by atoms with van der Waals surface area (Å²) in [5, 5.41) is 0. The van der Waals surface area contributed by atoms with Crippen molar-refractivity contribution < 1.29 is 9.31 Å². The van der Waals surface area contributed by atoms with Crippen molar-refractivity contribution in [1.82, 2.24) is 0 Å². The van der Waals surface area contributed by atoms with E-state index in [0.29, 0.717) is 0 Å². The fourth-order valence-electron chi connectivity index (χ4n) is 4.84. The number of ether oxygens (including phenoxy) is 1. The second kappa shape index (κ2) is 10.2. The summed E-state index contributed by atoms with van der Waals surface area (Å²) in [5.74, 6) is 0.934. The van der Waals surface area contributed by atoms with Crippen LogP contribution in [0.25, 0.3) is 6.08 Å². The number of para-hydroxylation sites is 1. The van der Waals surface area contributed by atoms with Crippen LogP contribution in [0.5, 0.6) is 5.75 Å². The molecule has 1 aliphatic heterocycles. The molecule has 0 saturated carbocycles. The van der Waals surface area contributed by atoms with Gasteiger partial charge in [0.05, 0.1) is 12.5 Å². The normalized spacial score (nSPS) is 18.0. The Bertz CT molecular complexity index is 953. The van der Waals surface area contributed by atoms with E-state index in [9.17, 15) is 0 Å². The largest absolute Gasteiger partial charge is 0.496 e. The zero-order valence-corrected chi connectivity index (χ0v) is 20.2. The number of benzene rings is 2. The Hall–Kier alpha value is -2.55. The highest BCUT2D eigenvalue weighted by molar-refractivity contribution is 6.05. The van der Waals surface area contributed by atoms with Gasteiger partial charge in [0.25, 0.3) is 0 Å². The van der Waals surface area contributed by atoms with E-state index in [1.165, 1.54) is 22.6 Å². The summed E-state index contributed by atoms with van der Waals surface area (Å²) in [4.78, 5) is 2.45.